The van der Waals surface area contributed by atoms with Crippen molar-refractivity contribution in [2.75, 3.05) is 0 Å². The summed E-state index contributed by atoms with van der Waals surface area (Å²) in [6.07, 6.45) is 1.64. The minimum absolute atomic E-state index is 0.307. The first kappa shape index (κ1) is 11.7. The van der Waals surface area contributed by atoms with E-state index in [4.69, 9.17) is 34.8 Å². The molecule has 0 N–H and O–H groups in total. The van der Waals surface area contributed by atoms with Gasteiger partial charge in [-0.2, -0.15) is 0 Å². The molecule has 1 atom stereocenters. The third-order valence-electron chi connectivity index (χ3n) is 2.22. The average molecular weight is 273 g/mol. The number of nitrogens with zero attached hydrogens (tertiary/aromatic N) is 1. The predicted octanol–water partition coefficient (Wildman–Crippen LogP) is 4.72. The molecule has 0 fully saturated rings. The van der Waals surface area contributed by atoms with Gasteiger partial charge in [-0.3, -0.25) is 0 Å². The van der Waals surface area contributed by atoms with E-state index in [9.17, 15) is 0 Å². The van der Waals surface area contributed by atoms with Crippen molar-refractivity contribution >= 4 is 34.8 Å². The molecular formula is C12H8Cl3N. The van der Waals surface area contributed by atoms with E-state index in [0.29, 0.717) is 10.2 Å². The van der Waals surface area contributed by atoms with Gasteiger partial charge in [-0.15, -0.1) is 11.6 Å². The van der Waals surface area contributed by atoms with Crippen molar-refractivity contribution in [3.05, 3.63) is 63.9 Å². The first-order valence-electron chi connectivity index (χ1n) is 4.68. The second-order valence-corrected chi connectivity index (χ2v) is 4.53. The second-order valence-electron chi connectivity index (χ2n) is 3.30. The van der Waals surface area contributed by atoms with Crippen LogP contribution in [-0.2, 0) is 0 Å². The molecule has 4 heteroatoms. The number of aromatic nitrogens is 1. The fourth-order valence-corrected chi connectivity index (χ4v) is 2.13. The van der Waals surface area contributed by atoms with Gasteiger partial charge in [0.25, 0.3) is 0 Å². The summed E-state index contributed by atoms with van der Waals surface area (Å²) in [6, 6.07) is 11.0. The van der Waals surface area contributed by atoms with Gasteiger partial charge >= 0.3 is 0 Å². The summed E-state index contributed by atoms with van der Waals surface area (Å²) in [6.45, 7) is 0. The van der Waals surface area contributed by atoms with Gasteiger partial charge < -0.3 is 0 Å². The first-order chi connectivity index (χ1) is 7.68. The van der Waals surface area contributed by atoms with Crippen molar-refractivity contribution < 1.29 is 0 Å². The van der Waals surface area contributed by atoms with Crippen LogP contribution in [0.1, 0.15) is 16.5 Å². The Bertz CT molecular complexity index is 482. The summed E-state index contributed by atoms with van der Waals surface area (Å²) in [5, 5.41) is 0.806. The molecule has 82 valence electrons. The molecule has 0 aliphatic heterocycles. The van der Waals surface area contributed by atoms with Gasteiger partial charge in [-0.1, -0.05) is 41.4 Å². The monoisotopic (exact) mass is 271 g/mol. The third-order valence-corrected chi connectivity index (χ3v) is 3.28. The second kappa shape index (κ2) is 5.05. The lowest BCUT2D eigenvalue weighted by molar-refractivity contribution is 1.11. The summed E-state index contributed by atoms with van der Waals surface area (Å²) >= 11 is 18.1. The van der Waals surface area contributed by atoms with Crippen LogP contribution in [-0.4, -0.2) is 4.98 Å². The molecule has 1 nitrogen and oxygen atoms in total. The van der Waals surface area contributed by atoms with Gasteiger partial charge in [0.2, 0.25) is 0 Å². The fourth-order valence-electron chi connectivity index (χ4n) is 1.40. The van der Waals surface area contributed by atoms with E-state index in [2.05, 4.69) is 4.98 Å². The summed E-state index contributed by atoms with van der Waals surface area (Å²) in [7, 11) is 0. The smallest absolute Gasteiger partial charge is 0.134 e. The van der Waals surface area contributed by atoms with E-state index in [1.807, 2.05) is 24.3 Å². The van der Waals surface area contributed by atoms with Crippen LogP contribution in [0, 0.1) is 0 Å². The van der Waals surface area contributed by atoms with E-state index < -0.39 is 0 Å². The minimum atomic E-state index is -0.307. The lowest BCUT2D eigenvalue weighted by atomic mass is 10.1. The van der Waals surface area contributed by atoms with Gasteiger partial charge in [0.05, 0.1) is 5.38 Å². The van der Waals surface area contributed by atoms with Crippen molar-refractivity contribution in [1.82, 2.24) is 4.98 Å². The van der Waals surface area contributed by atoms with Gasteiger partial charge in [0.15, 0.2) is 0 Å². The molecule has 0 spiro atoms. The van der Waals surface area contributed by atoms with Gasteiger partial charge in [0, 0.05) is 16.8 Å². The summed E-state index contributed by atoms with van der Waals surface area (Å²) < 4.78 is 0. The SMILES string of the molecule is Clc1ccc(C(Cl)c2cccnc2Cl)cc1. The van der Waals surface area contributed by atoms with Crippen molar-refractivity contribution in [2.24, 2.45) is 0 Å². The number of hydrogen-bond acceptors (Lipinski definition) is 1. The van der Waals surface area contributed by atoms with Gasteiger partial charge in [0.1, 0.15) is 5.15 Å². The largest absolute Gasteiger partial charge is 0.244 e. The Morgan fingerprint density at radius 3 is 2.31 bits per heavy atom. The molecule has 0 saturated heterocycles. The number of hydrogen-bond donors (Lipinski definition) is 0. The highest BCUT2D eigenvalue weighted by molar-refractivity contribution is 6.32. The maximum absolute atomic E-state index is 6.32. The number of alkyl halides is 1. The van der Waals surface area contributed by atoms with E-state index in [-0.39, 0.29) is 5.38 Å². The Morgan fingerprint density at radius 1 is 1.00 bits per heavy atom. The van der Waals surface area contributed by atoms with Crippen LogP contribution >= 0.6 is 34.8 Å². The quantitative estimate of drug-likeness (QED) is 0.569. The molecule has 1 aromatic heterocycles. The summed E-state index contributed by atoms with van der Waals surface area (Å²) in [4.78, 5) is 4.00. The lowest BCUT2D eigenvalue weighted by Crippen LogP contribution is -1.95. The van der Waals surface area contributed by atoms with Crippen molar-refractivity contribution in [3.8, 4) is 0 Å². The van der Waals surface area contributed by atoms with Gasteiger partial charge in [-0.05, 0) is 23.8 Å². The highest BCUT2D eigenvalue weighted by Gasteiger charge is 2.14. The number of pyridine rings is 1. The Kier molecular flexibility index (Phi) is 3.70. The maximum atomic E-state index is 6.32. The molecule has 2 aromatic rings. The van der Waals surface area contributed by atoms with Crippen LogP contribution in [0.2, 0.25) is 10.2 Å². The van der Waals surface area contributed by atoms with E-state index >= 15 is 0 Å². The van der Waals surface area contributed by atoms with Crippen LogP contribution in [0.15, 0.2) is 42.6 Å². The molecular weight excluding hydrogens is 264 g/mol. The van der Waals surface area contributed by atoms with E-state index in [0.717, 1.165) is 11.1 Å². The molecule has 0 aliphatic rings. The number of benzene rings is 1. The van der Waals surface area contributed by atoms with Crippen molar-refractivity contribution in [1.29, 1.82) is 0 Å². The molecule has 1 heterocycles. The number of halogens is 3. The van der Waals surface area contributed by atoms with Crippen LogP contribution in [0.5, 0.6) is 0 Å². The first-order valence-corrected chi connectivity index (χ1v) is 5.87. The number of rotatable bonds is 2. The lowest BCUT2D eigenvalue weighted by Gasteiger charge is -2.11. The topological polar surface area (TPSA) is 12.9 Å². The Hall–Kier alpha value is -0.760. The molecule has 0 radical (unpaired) electrons. The van der Waals surface area contributed by atoms with Crippen molar-refractivity contribution in [2.45, 2.75) is 5.38 Å². The molecule has 1 aromatic carbocycles. The summed E-state index contributed by atoms with van der Waals surface area (Å²) in [5.41, 5.74) is 1.74. The Labute approximate surface area is 109 Å². The molecule has 0 amide bonds. The minimum Gasteiger partial charge on any atom is -0.244 e. The van der Waals surface area contributed by atoms with Gasteiger partial charge in [-0.25, -0.2) is 4.98 Å². The highest BCUT2D eigenvalue weighted by atomic mass is 35.5. The molecule has 2 rings (SSSR count). The Morgan fingerprint density at radius 2 is 1.69 bits per heavy atom. The molecule has 0 bridgehead atoms. The van der Waals surface area contributed by atoms with E-state index in [1.54, 1.807) is 18.3 Å². The predicted molar refractivity (Wildman–Crippen MR) is 68.4 cm³/mol. The zero-order chi connectivity index (χ0) is 11.5. The average Bonchev–Trinajstić information content (AvgIpc) is 2.30. The molecule has 16 heavy (non-hydrogen) atoms. The Balaban J connectivity index is 2.35. The van der Waals surface area contributed by atoms with Crippen LogP contribution in [0.3, 0.4) is 0 Å². The van der Waals surface area contributed by atoms with Crippen LogP contribution < -0.4 is 0 Å². The zero-order valence-electron chi connectivity index (χ0n) is 8.20. The van der Waals surface area contributed by atoms with Crippen LogP contribution in [0.4, 0.5) is 0 Å². The van der Waals surface area contributed by atoms with E-state index in [1.165, 1.54) is 0 Å². The normalized spacial score (nSPS) is 12.4. The maximum Gasteiger partial charge on any atom is 0.134 e. The fraction of sp³-hybridized carbons (Fsp3) is 0.0833. The van der Waals surface area contributed by atoms with Crippen LogP contribution in [0.25, 0.3) is 0 Å². The third kappa shape index (κ3) is 2.49. The summed E-state index contributed by atoms with van der Waals surface area (Å²) in [5.74, 6) is 0. The van der Waals surface area contributed by atoms with Crippen molar-refractivity contribution in [3.63, 3.8) is 0 Å². The standard InChI is InChI=1S/C12H8Cl3N/c13-9-5-3-8(4-6-9)11(14)10-2-1-7-16-12(10)15/h1-7,11H. The molecule has 0 saturated carbocycles. The highest BCUT2D eigenvalue weighted by Crippen LogP contribution is 2.32. The molecule has 0 aliphatic carbocycles. The zero-order valence-corrected chi connectivity index (χ0v) is 10.5. The molecule has 1 unspecified atom stereocenters.